The third kappa shape index (κ3) is 2.77. The van der Waals surface area contributed by atoms with Crippen LogP contribution in [0.3, 0.4) is 0 Å². The van der Waals surface area contributed by atoms with Gasteiger partial charge in [-0.15, -0.1) is 11.3 Å². The molecule has 0 aromatic carbocycles. The molecule has 5 nitrogen and oxygen atoms in total. The van der Waals surface area contributed by atoms with Crippen molar-refractivity contribution >= 4 is 43.4 Å². The molecule has 0 N–H and O–H groups in total. The van der Waals surface area contributed by atoms with Crippen LogP contribution < -0.4 is 4.18 Å². The number of hydrogen-bond acceptors (Lipinski definition) is 7. The van der Waals surface area contributed by atoms with Gasteiger partial charge in [-0.05, 0) is 6.26 Å². The van der Waals surface area contributed by atoms with Crippen molar-refractivity contribution in [1.29, 1.82) is 0 Å². The monoisotopic (exact) mass is 330 g/mol. The maximum absolute atomic E-state index is 12.2. The highest BCUT2D eigenvalue weighted by Gasteiger charge is 2.48. The van der Waals surface area contributed by atoms with E-state index in [1.807, 2.05) is 0 Å². The fourth-order valence-electron chi connectivity index (χ4n) is 1.11. The van der Waals surface area contributed by atoms with E-state index in [-0.39, 0.29) is 5.52 Å². The number of halogens is 3. The first kappa shape index (κ1) is 14.3. The Morgan fingerprint density at radius 3 is 2.68 bits per heavy atom. The third-order valence-corrected chi connectivity index (χ3v) is 4.34. The van der Waals surface area contributed by atoms with E-state index in [1.54, 1.807) is 6.26 Å². The minimum Gasteiger partial charge on any atom is -0.373 e. The van der Waals surface area contributed by atoms with Crippen LogP contribution in [0, 0.1) is 0 Å². The van der Waals surface area contributed by atoms with Gasteiger partial charge < -0.3 is 4.18 Å². The van der Waals surface area contributed by atoms with Crippen LogP contribution in [0.15, 0.2) is 16.7 Å². The van der Waals surface area contributed by atoms with E-state index < -0.39 is 21.4 Å². The number of thioether (sulfide) groups is 1. The zero-order valence-corrected chi connectivity index (χ0v) is 11.6. The number of nitrogens with zero attached hydrogens (tertiary/aromatic N) is 2. The third-order valence-electron chi connectivity index (χ3n) is 1.92. The summed E-state index contributed by atoms with van der Waals surface area (Å²) in [6.45, 7) is 0. The molecule has 2 aromatic heterocycles. The topological polar surface area (TPSA) is 69.2 Å². The van der Waals surface area contributed by atoms with E-state index in [4.69, 9.17) is 0 Å². The van der Waals surface area contributed by atoms with Crippen molar-refractivity contribution in [3.63, 3.8) is 0 Å². The van der Waals surface area contributed by atoms with Crippen LogP contribution in [-0.2, 0) is 10.1 Å². The van der Waals surface area contributed by atoms with Gasteiger partial charge in [0.05, 0.1) is 4.70 Å². The number of hydrogen-bond donors (Lipinski definition) is 0. The molecule has 0 amide bonds. The lowest BCUT2D eigenvalue weighted by Crippen LogP contribution is -2.28. The van der Waals surface area contributed by atoms with E-state index in [0.29, 0.717) is 9.86 Å². The van der Waals surface area contributed by atoms with Crippen molar-refractivity contribution in [1.82, 2.24) is 9.97 Å². The van der Waals surface area contributed by atoms with Gasteiger partial charge in [0, 0.05) is 11.6 Å². The number of thiophene rings is 1. The molecule has 0 spiro atoms. The van der Waals surface area contributed by atoms with Gasteiger partial charge in [-0.1, -0.05) is 11.8 Å². The lowest BCUT2D eigenvalue weighted by Gasteiger charge is -2.08. The summed E-state index contributed by atoms with van der Waals surface area (Å²) < 4.78 is 63.0. The number of aromatic nitrogens is 2. The van der Waals surface area contributed by atoms with E-state index in [0.717, 1.165) is 16.7 Å². The van der Waals surface area contributed by atoms with Gasteiger partial charge in [-0.25, -0.2) is 9.97 Å². The van der Waals surface area contributed by atoms with Crippen molar-refractivity contribution in [2.45, 2.75) is 10.7 Å². The molecule has 0 atom stereocenters. The highest BCUT2D eigenvalue weighted by molar-refractivity contribution is 7.98. The summed E-state index contributed by atoms with van der Waals surface area (Å²) in [6.07, 6.45) is 3.08. The molecule has 104 valence electrons. The van der Waals surface area contributed by atoms with Gasteiger partial charge in [0.15, 0.2) is 10.9 Å². The van der Waals surface area contributed by atoms with Gasteiger partial charge in [-0.2, -0.15) is 21.6 Å². The van der Waals surface area contributed by atoms with Crippen molar-refractivity contribution in [3.05, 3.63) is 11.6 Å². The Kier molecular flexibility index (Phi) is 3.62. The second kappa shape index (κ2) is 4.80. The summed E-state index contributed by atoms with van der Waals surface area (Å²) >= 11 is 2.17. The predicted octanol–water partition coefficient (Wildman–Crippen LogP) is 2.64. The first-order valence-electron chi connectivity index (χ1n) is 4.53. The largest absolute Gasteiger partial charge is 0.534 e. The molecule has 0 radical (unpaired) electrons. The van der Waals surface area contributed by atoms with Gasteiger partial charge in [0.1, 0.15) is 5.52 Å². The Morgan fingerprint density at radius 2 is 2.11 bits per heavy atom. The van der Waals surface area contributed by atoms with E-state index >= 15 is 0 Å². The Hall–Kier alpha value is -1.07. The van der Waals surface area contributed by atoms with Crippen molar-refractivity contribution in [3.8, 4) is 5.75 Å². The van der Waals surface area contributed by atoms with Gasteiger partial charge in [-0.3, -0.25) is 0 Å². The zero-order chi connectivity index (χ0) is 14.3. The Morgan fingerprint density at radius 1 is 1.42 bits per heavy atom. The molecular formula is C8H5F3N2O3S3. The molecule has 0 bridgehead atoms. The lowest BCUT2D eigenvalue weighted by atomic mass is 10.4. The molecule has 0 saturated heterocycles. The minimum atomic E-state index is -5.69. The molecule has 0 unspecified atom stereocenters. The number of rotatable bonds is 3. The fourth-order valence-corrected chi connectivity index (χ4v) is 2.74. The van der Waals surface area contributed by atoms with E-state index in [1.165, 1.54) is 18.0 Å². The Balaban J connectivity index is 2.47. The second-order valence-corrected chi connectivity index (χ2v) is 6.38. The smallest absolute Gasteiger partial charge is 0.373 e. The van der Waals surface area contributed by atoms with Crippen LogP contribution in [0.5, 0.6) is 5.75 Å². The minimum absolute atomic E-state index is 0.0391. The average molecular weight is 330 g/mol. The summed E-state index contributed by atoms with van der Waals surface area (Å²) in [7, 11) is -5.69. The summed E-state index contributed by atoms with van der Waals surface area (Å²) in [5, 5.41) is 1.45. The molecule has 2 aromatic rings. The molecule has 0 saturated carbocycles. The molecule has 11 heteroatoms. The second-order valence-electron chi connectivity index (χ2n) is 3.15. The summed E-state index contributed by atoms with van der Waals surface area (Å²) in [5.41, 5.74) is -5.44. The molecule has 0 aliphatic carbocycles. The van der Waals surface area contributed by atoms with Gasteiger partial charge in [0.25, 0.3) is 0 Å². The highest BCUT2D eigenvalue weighted by atomic mass is 32.2. The fraction of sp³-hybridized carbons (Fsp3) is 0.250. The molecule has 0 aliphatic rings. The van der Waals surface area contributed by atoms with Gasteiger partial charge in [0.2, 0.25) is 0 Å². The zero-order valence-electron chi connectivity index (χ0n) is 9.13. The molecule has 0 aliphatic heterocycles. The number of alkyl halides is 3. The quantitative estimate of drug-likeness (QED) is 0.373. The van der Waals surface area contributed by atoms with Crippen LogP contribution in [0.2, 0.25) is 0 Å². The van der Waals surface area contributed by atoms with Crippen molar-refractivity contribution in [2.75, 3.05) is 6.26 Å². The summed E-state index contributed by atoms with van der Waals surface area (Å²) in [6, 6.07) is 0. The molecular weight excluding hydrogens is 325 g/mol. The Labute approximate surface area is 113 Å². The highest BCUT2D eigenvalue weighted by Crippen LogP contribution is 2.35. The average Bonchev–Trinajstić information content (AvgIpc) is 2.69. The summed E-state index contributed by atoms with van der Waals surface area (Å²) in [5.74, 6) is -0.449. The molecule has 2 heterocycles. The van der Waals surface area contributed by atoms with Crippen LogP contribution in [-0.4, -0.2) is 30.1 Å². The van der Waals surface area contributed by atoms with Crippen LogP contribution in [0.1, 0.15) is 0 Å². The van der Waals surface area contributed by atoms with Crippen molar-refractivity contribution < 1.29 is 25.8 Å². The maximum Gasteiger partial charge on any atom is 0.534 e. The van der Waals surface area contributed by atoms with Gasteiger partial charge >= 0.3 is 15.6 Å². The van der Waals surface area contributed by atoms with Crippen LogP contribution in [0.4, 0.5) is 13.2 Å². The number of fused-ring (bicyclic) bond motifs is 1. The van der Waals surface area contributed by atoms with Crippen LogP contribution >= 0.6 is 23.1 Å². The molecule has 0 fully saturated rings. The normalized spacial score (nSPS) is 12.8. The molecule has 19 heavy (non-hydrogen) atoms. The maximum atomic E-state index is 12.2. The standard InChI is InChI=1S/C8H5F3N2O3S3/c1-17-7-12-2-5-6(13-7)4(3-18-5)16-19(14,15)8(9,10)11/h2-3H,1H3. The van der Waals surface area contributed by atoms with Crippen LogP contribution in [0.25, 0.3) is 10.2 Å². The summed E-state index contributed by atoms with van der Waals surface area (Å²) in [4.78, 5) is 7.84. The SMILES string of the molecule is CSc1ncc2scc(OS(=O)(=O)C(F)(F)F)c2n1. The van der Waals surface area contributed by atoms with E-state index in [9.17, 15) is 21.6 Å². The first-order valence-corrected chi connectivity index (χ1v) is 8.05. The lowest BCUT2D eigenvalue weighted by molar-refractivity contribution is -0.0499. The van der Waals surface area contributed by atoms with E-state index in [2.05, 4.69) is 14.2 Å². The Bertz CT molecular complexity index is 711. The van der Waals surface area contributed by atoms with Crippen molar-refractivity contribution in [2.24, 2.45) is 0 Å². The molecule has 2 rings (SSSR count). The predicted molar refractivity (Wildman–Crippen MR) is 64.8 cm³/mol. The first-order chi connectivity index (χ1) is 8.74.